The van der Waals surface area contributed by atoms with Gasteiger partial charge >= 0.3 is 0 Å². The van der Waals surface area contributed by atoms with Gasteiger partial charge in [-0.05, 0) is 25.6 Å². The first-order chi connectivity index (χ1) is 10.6. The van der Waals surface area contributed by atoms with Crippen LogP contribution in [-0.4, -0.2) is 56.8 Å². The third kappa shape index (κ3) is 3.18. The average molecular weight is 305 g/mol. The number of nitrogen functional groups attached to an aromatic ring is 1. The summed E-state index contributed by atoms with van der Waals surface area (Å²) in [5.74, 6) is 0.607. The number of nitrogens with zero attached hydrogens (tertiary/aromatic N) is 1. The van der Waals surface area contributed by atoms with Gasteiger partial charge in [-0.25, -0.2) is 0 Å². The van der Waals surface area contributed by atoms with Crippen LogP contribution in [0.2, 0.25) is 0 Å². The van der Waals surface area contributed by atoms with Crippen molar-refractivity contribution < 1.29 is 14.3 Å². The van der Waals surface area contributed by atoms with Gasteiger partial charge in [-0.15, -0.1) is 0 Å². The lowest BCUT2D eigenvalue weighted by molar-refractivity contribution is -0.0226. The van der Waals surface area contributed by atoms with Gasteiger partial charge < -0.3 is 25.4 Å². The number of amides is 1. The van der Waals surface area contributed by atoms with Gasteiger partial charge in [0.05, 0.1) is 25.0 Å². The molecule has 0 radical (unpaired) electrons. The van der Waals surface area contributed by atoms with Crippen LogP contribution in [0.3, 0.4) is 0 Å². The van der Waals surface area contributed by atoms with E-state index in [1.807, 2.05) is 0 Å². The van der Waals surface area contributed by atoms with E-state index in [0.717, 1.165) is 38.1 Å². The maximum atomic E-state index is 12.4. The van der Waals surface area contributed by atoms with Crippen LogP contribution < -0.4 is 15.8 Å². The number of benzene rings is 1. The summed E-state index contributed by atoms with van der Waals surface area (Å²) in [5.41, 5.74) is 8.07. The molecule has 1 aromatic rings. The Hall–Kier alpha value is -1.79. The van der Waals surface area contributed by atoms with Crippen molar-refractivity contribution >= 4 is 11.6 Å². The minimum absolute atomic E-state index is 0.0640. The number of carbonyl (C=O) groups is 1. The first kappa shape index (κ1) is 15.1. The van der Waals surface area contributed by atoms with Gasteiger partial charge in [0.2, 0.25) is 0 Å². The fraction of sp³-hybridized carbons (Fsp3) is 0.562. The first-order valence-electron chi connectivity index (χ1n) is 7.77. The van der Waals surface area contributed by atoms with Crippen molar-refractivity contribution in [1.82, 2.24) is 10.2 Å². The van der Waals surface area contributed by atoms with Crippen molar-refractivity contribution in [2.45, 2.75) is 18.9 Å². The van der Waals surface area contributed by atoms with Crippen molar-refractivity contribution in [2.75, 3.05) is 45.6 Å². The molecular formula is C16H23N3O3. The maximum Gasteiger partial charge on any atom is 0.251 e. The molecule has 0 aromatic heterocycles. The first-order valence-corrected chi connectivity index (χ1v) is 7.77. The maximum absolute atomic E-state index is 12.4. The Morgan fingerprint density at radius 3 is 3.14 bits per heavy atom. The Bertz CT molecular complexity index is 562. The molecule has 1 amide bonds. The van der Waals surface area contributed by atoms with Crippen LogP contribution >= 0.6 is 0 Å². The molecule has 6 nitrogen and oxygen atoms in total. The summed E-state index contributed by atoms with van der Waals surface area (Å²) in [4.78, 5) is 14.6. The lowest BCUT2D eigenvalue weighted by atomic mass is 10.0. The number of rotatable bonds is 4. The Morgan fingerprint density at radius 1 is 1.45 bits per heavy atom. The van der Waals surface area contributed by atoms with E-state index in [-0.39, 0.29) is 12.0 Å². The normalized spacial score (nSPS) is 21.2. The summed E-state index contributed by atoms with van der Waals surface area (Å²) in [6, 6.07) is 3.52. The van der Waals surface area contributed by atoms with Crippen LogP contribution in [0.1, 0.15) is 22.3 Å². The Morgan fingerprint density at radius 2 is 2.32 bits per heavy atom. The van der Waals surface area contributed by atoms with Crippen molar-refractivity contribution in [3.63, 3.8) is 0 Å². The van der Waals surface area contributed by atoms with Crippen LogP contribution in [0.25, 0.3) is 0 Å². The fourth-order valence-corrected chi connectivity index (χ4v) is 3.02. The monoisotopic (exact) mass is 305 g/mol. The van der Waals surface area contributed by atoms with Gasteiger partial charge in [-0.3, -0.25) is 4.79 Å². The highest BCUT2D eigenvalue weighted by atomic mass is 16.5. The smallest absolute Gasteiger partial charge is 0.251 e. The zero-order valence-electron chi connectivity index (χ0n) is 12.9. The summed E-state index contributed by atoms with van der Waals surface area (Å²) in [6.45, 7) is 3.85. The predicted octanol–water partition coefficient (Wildman–Crippen LogP) is 0.654. The fourth-order valence-electron chi connectivity index (χ4n) is 3.02. The molecule has 0 spiro atoms. The number of carbonyl (C=O) groups excluding carboxylic acids is 1. The summed E-state index contributed by atoms with van der Waals surface area (Å²) in [5, 5.41) is 2.98. The minimum Gasteiger partial charge on any atom is -0.491 e. The second-order valence-electron chi connectivity index (χ2n) is 5.91. The van der Waals surface area contributed by atoms with E-state index >= 15 is 0 Å². The van der Waals surface area contributed by atoms with Crippen molar-refractivity contribution in [3.05, 3.63) is 23.3 Å². The SMILES string of the molecule is CN1CCOC(CCNC(=O)c2ccc(N)c3c2CCO3)C1. The third-order valence-electron chi connectivity index (χ3n) is 4.23. The number of morpholine rings is 1. The molecule has 2 aliphatic rings. The molecule has 0 saturated carbocycles. The quantitative estimate of drug-likeness (QED) is 0.799. The average Bonchev–Trinajstić information content (AvgIpc) is 2.98. The lowest BCUT2D eigenvalue weighted by Crippen LogP contribution is -2.41. The van der Waals surface area contributed by atoms with Gasteiger partial charge in [0.15, 0.2) is 0 Å². The Labute approximate surface area is 130 Å². The zero-order chi connectivity index (χ0) is 15.5. The van der Waals surface area contributed by atoms with E-state index in [9.17, 15) is 4.79 Å². The molecule has 3 N–H and O–H groups in total. The van der Waals surface area contributed by atoms with E-state index in [1.54, 1.807) is 12.1 Å². The second kappa shape index (κ2) is 6.54. The van der Waals surface area contributed by atoms with Crippen LogP contribution in [0, 0.1) is 0 Å². The highest BCUT2D eigenvalue weighted by molar-refractivity contribution is 5.97. The van der Waals surface area contributed by atoms with Crippen LogP contribution in [0.15, 0.2) is 12.1 Å². The van der Waals surface area contributed by atoms with Crippen molar-refractivity contribution in [3.8, 4) is 5.75 Å². The molecule has 1 saturated heterocycles. The number of nitrogens with one attached hydrogen (secondary N) is 1. The van der Waals surface area contributed by atoms with Gasteiger partial charge in [-0.2, -0.15) is 0 Å². The summed E-state index contributed by atoms with van der Waals surface area (Å²) in [7, 11) is 2.09. The molecule has 3 rings (SSSR count). The van der Waals surface area contributed by atoms with Crippen molar-refractivity contribution in [1.29, 1.82) is 0 Å². The molecule has 2 heterocycles. The number of hydrogen-bond donors (Lipinski definition) is 2. The van der Waals surface area contributed by atoms with Gasteiger partial charge in [0.25, 0.3) is 5.91 Å². The van der Waals surface area contributed by atoms with Crippen LogP contribution in [0.4, 0.5) is 5.69 Å². The molecular weight excluding hydrogens is 282 g/mol. The molecule has 1 unspecified atom stereocenters. The zero-order valence-corrected chi connectivity index (χ0v) is 12.9. The largest absolute Gasteiger partial charge is 0.491 e. The molecule has 0 aliphatic carbocycles. The molecule has 1 aromatic carbocycles. The molecule has 22 heavy (non-hydrogen) atoms. The second-order valence-corrected chi connectivity index (χ2v) is 5.91. The standard InChI is InChI=1S/C16H23N3O3/c1-19-7-9-21-11(10-19)4-6-18-16(20)13-2-3-14(17)15-12(13)5-8-22-15/h2-3,11H,4-10,17H2,1H3,(H,18,20). The molecule has 2 aliphatic heterocycles. The number of hydrogen-bond acceptors (Lipinski definition) is 5. The number of anilines is 1. The third-order valence-corrected chi connectivity index (χ3v) is 4.23. The van der Waals surface area contributed by atoms with Gasteiger partial charge in [0, 0.05) is 37.2 Å². The molecule has 1 fully saturated rings. The Balaban J connectivity index is 1.56. The van der Waals surface area contributed by atoms with E-state index in [2.05, 4.69) is 17.3 Å². The topological polar surface area (TPSA) is 76.8 Å². The highest BCUT2D eigenvalue weighted by Crippen LogP contribution is 2.34. The van der Waals surface area contributed by atoms with E-state index < -0.39 is 0 Å². The minimum atomic E-state index is -0.0640. The van der Waals surface area contributed by atoms with Gasteiger partial charge in [-0.1, -0.05) is 0 Å². The van der Waals surface area contributed by atoms with Crippen LogP contribution in [0.5, 0.6) is 5.75 Å². The van der Waals surface area contributed by atoms with Gasteiger partial charge in [0.1, 0.15) is 5.75 Å². The predicted molar refractivity (Wildman–Crippen MR) is 84.2 cm³/mol. The number of fused-ring (bicyclic) bond motifs is 1. The summed E-state index contributed by atoms with van der Waals surface area (Å²) < 4.78 is 11.2. The highest BCUT2D eigenvalue weighted by Gasteiger charge is 2.23. The Kier molecular flexibility index (Phi) is 4.49. The summed E-state index contributed by atoms with van der Waals surface area (Å²) in [6.07, 6.45) is 1.75. The number of likely N-dealkylation sites (N-methyl/N-ethyl adjacent to an activating group) is 1. The van der Waals surface area contributed by atoms with Crippen molar-refractivity contribution in [2.24, 2.45) is 0 Å². The molecule has 1 atom stereocenters. The lowest BCUT2D eigenvalue weighted by Gasteiger charge is -2.30. The van der Waals surface area contributed by atoms with Crippen LogP contribution in [-0.2, 0) is 11.2 Å². The molecule has 0 bridgehead atoms. The molecule has 120 valence electrons. The van der Waals surface area contributed by atoms with E-state index in [1.165, 1.54) is 0 Å². The molecule has 6 heteroatoms. The summed E-state index contributed by atoms with van der Waals surface area (Å²) >= 11 is 0. The number of ether oxygens (including phenoxy) is 2. The van der Waals surface area contributed by atoms with E-state index in [0.29, 0.717) is 30.2 Å². The van der Waals surface area contributed by atoms with E-state index in [4.69, 9.17) is 15.2 Å². The number of nitrogens with two attached hydrogens (primary N) is 1.